The fraction of sp³-hybridized carbons (Fsp3) is 0.538. The van der Waals surface area contributed by atoms with Crippen LogP contribution in [-0.4, -0.2) is 41.4 Å². The Labute approximate surface area is 122 Å². The monoisotopic (exact) mass is 316 g/mol. The minimum atomic E-state index is -4.04. The van der Waals surface area contributed by atoms with Gasteiger partial charge in [-0.3, -0.25) is 4.79 Å². The van der Waals surface area contributed by atoms with Crippen molar-refractivity contribution in [3.05, 3.63) is 24.1 Å². The van der Waals surface area contributed by atoms with Crippen molar-refractivity contribution in [2.45, 2.75) is 43.2 Å². The third-order valence-corrected chi connectivity index (χ3v) is 5.43. The smallest absolute Gasteiger partial charge is 0.303 e. The van der Waals surface area contributed by atoms with Crippen molar-refractivity contribution in [2.75, 3.05) is 6.54 Å². The Kier molecular flexibility index (Phi) is 4.89. The average Bonchev–Trinajstić information content (AvgIpc) is 2.45. The summed E-state index contributed by atoms with van der Waals surface area (Å²) in [6.45, 7) is 0.267. The molecule has 0 radical (unpaired) electrons. The molecule has 1 aromatic heterocycles. The Balaban J connectivity index is 2.27. The van der Waals surface area contributed by atoms with Crippen molar-refractivity contribution < 1.29 is 22.7 Å². The Morgan fingerprint density at radius 2 is 2.24 bits per heavy atom. The van der Waals surface area contributed by atoms with E-state index in [9.17, 15) is 17.6 Å². The molecule has 0 aromatic carbocycles. The molecule has 0 amide bonds. The first kappa shape index (κ1) is 15.8. The van der Waals surface area contributed by atoms with Crippen LogP contribution in [0.1, 0.15) is 32.1 Å². The zero-order valence-corrected chi connectivity index (χ0v) is 12.2. The molecule has 8 heteroatoms. The van der Waals surface area contributed by atoms with Crippen LogP contribution in [0, 0.1) is 5.82 Å². The third-order valence-electron chi connectivity index (χ3n) is 3.54. The lowest BCUT2D eigenvalue weighted by molar-refractivity contribution is -0.137. The van der Waals surface area contributed by atoms with Gasteiger partial charge >= 0.3 is 5.97 Å². The van der Waals surface area contributed by atoms with E-state index in [2.05, 4.69) is 4.98 Å². The molecule has 1 fully saturated rings. The molecule has 1 aliphatic heterocycles. The molecule has 0 aliphatic carbocycles. The quantitative estimate of drug-likeness (QED) is 0.892. The van der Waals surface area contributed by atoms with Crippen LogP contribution in [0.5, 0.6) is 0 Å². The van der Waals surface area contributed by atoms with Gasteiger partial charge < -0.3 is 5.11 Å². The highest BCUT2D eigenvalue weighted by molar-refractivity contribution is 7.89. The lowest BCUT2D eigenvalue weighted by atomic mass is 10.0. The van der Waals surface area contributed by atoms with Gasteiger partial charge in [-0.05, 0) is 31.4 Å². The van der Waals surface area contributed by atoms with Crippen LogP contribution in [0.25, 0.3) is 0 Å². The summed E-state index contributed by atoms with van der Waals surface area (Å²) in [4.78, 5) is 14.3. The van der Waals surface area contributed by atoms with E-state index in [-0.39, 0.29) is 19.4 Å². The Morgan fingerprint density at radius 3 is 2.90 bits per heavy atom. The third kappa shape index (κ3) is 3.56. The first-order valence-electron chi connectivity index (χ1n) is 6.77. The SMILES string of the molecule is O=C(O)CCC1CCCCN1S(=O)(=O)c1ncccc1F. The Hall–Kier alpha value is -1.54. The van der Waals surface area contributed by atoms with Crippen LogP contribution in [0.15, 0.2) is 23.4 Å². The van der Waals surface area contributed by atoms with Gasteiger partial charge in [0.25, 0.3) is 10.0 Å². The number of pyridine rings is 1. The maximum absolute atomic E-state index is 13.7. The highest BCUT2D eigenvalue weighted by Crippen LogP contribution is 2.27. The summed E-state index contributed by atoms with van der Waals surface area (Å²) in [5, 5.41) is 8.16. The molecule has 0 bridgehead atoms. The molecule has 6 nitrogen and oxygen atoms in total. The molecular weight excluding hydrogens is 299 g/mol. The van der Waals surface area contributed by atoms with E-state index in [0.29, 0.717) is 12.8 Å². The van der Waals surface area contributed by atoms with Crippen LogP contribution in [0.2, 0.25) is 0 Å². The van der Waals surface area contributed by atoms with Gasteiger partial charge in [-0.2, -0.15) is 4.31 Å². The molecule has 0 saturated carbocycles. The predicted octanol–water partition coefficient (Wildman–Crippen LogP) is 1.63. The lowest BCUT2D eigenvalue weighted by Gasteiger charge is -2.34. The molecule has 1 saturated heterocycles. The standard InChI is InChI=1S/C13H17FN2O4S/c14-11-5-3-8-15-13(11)21(19,20)16-9-2-1-4-10(16)6-7-12(17)18/h3,5,8,10H,1-2,4,6-7,9H2,(H,17,18). The highest BCUT2D eigenvalue weighted by Gasteiger charge is 2.35. The van der Waals surface area contributed by atoms with E-state index in [1.807, 2.05) is 0 Å². The van der Waals surface area contributed by atoms with Gasteiger partial charge in [0.15, 0.2) is 5.82 Å². The number of nitrogens with zero attached hydrogens (tertiary/aromatic N) is 2. The second kappa shape index (κ2) is 6.48. The van der Waals surface area contributed by atoms with Crippen LogP contribution in [0.4, 0.5) is 4.39 Å². The number of hydrogen-bond donors (Lipinski definition) is 1. The summed E-state index contributed by atoms with van der Waals surface area (Å²) in [5.74, 6) is -1.86. The molecule has 2 rings (SSSR count). The van der Waals surface area contributed by atoms with Crippen molar-refractivity contribution in [2.24, 2.45) is 0 Å². The summed E-state index contributed by atoms with van der Waals surface area (Å²) >= 11 is 0. The highest BCUT2D eigenvalue weighted by atomic mass is 32.2. The van der Waals surface area contributed by atoms with Crippen molar-refractivity contribution in [3.8, 4) is 0 Å². The zero-order chi connectivity index (χ0) is 15.5. The van der Waals surface area contributed by atoms with Crippen LogP contribution < -0.4 is 0 Å². The fourth-order valence-corrected chi connectivity index (χ4v) is 4.24. The number of piperidine rings is 1. The van der Waals surface area contributed by atoms with Gasteiger partial charge in [0.1, 0.15) is 0 Å². The second-order valence-electron chi connectivity index (χ2n) is 4.99. The van der Waals surface area contributed by atoms with Crippen molar-refractivity contribution in [1.29, 1.82) is 0 Å². The number of sulfonamides is 1. The maximum atomic E-state index is 13.7. The van der Waals surface area contributed by atoms with E-state index < -0.39 is 32.9 Å². The molecule has 1 unspecified atom stereocenters. The van der Waals surface area contributed by atoms with Crippen molar-refractivity contribution >= 4 is 16.0 Å². The minimum Gasteiger partial charge on any atom is -0.481 e. The lowest BCUT2D eigenvalue weighted by Crippen LogP contribution is -2.44. The van der Waals surface area contributed by atoms with Crippen molar-refractivity contribution in [3.63, 3.8) is 0 Å². The average molecular weight is 316 g/mol. The maximum Gasteiger partial charge on any atom is 0.303 e. The summed E-state index contributed by atoms with van der Waals surface area (Å²) in [6.07, 6.45) is 3.44. The van der Waals surface area contributed by atoms with Gasteiger partial charge in [0.05, 0.1) is 0 Å². The van der Waals surface area contributed by atoms with Crippen LogP contribution in [-0.2, 0) is 14.8 Å². The summed E-state index contributed by atoms with van der Waals surface area (Å²) in [5.41, 5.74) is 0. The predicted molar refractivity (Wildman–Crippen MR) is 72.6 cm³/mol. The van der Waals surface area contributed by atoms with E-state index in [4.69, 9.17) is 5.11 Å². The van der Waals surface area contributed by atoms with Crippen LogP contribution >= 0.6 is 0 Å². The number of carboxylic acid groups (broad SMARTS) is 1. The van der Waals surface area contributed by atoms with Crippen molar-refractivity contribution in [1.82, 2.24) is 9.29 Å². The van der Waals surface area contributed by atoms with E-state index in [1.54, 1.807) is 0 Å². The largest absolute Gasteiger partial charge is 0.481 e. The van der Waals surface area contributed by atoms with Gasteiger partial charge in [-0.15, -0.1) is 0 Å². The molecule has 1 aromatic rings. The van der Waals surface area contributed by atoms with Gasteiger partial charge in [-0.1, -0.05) is 6.42 Å². The Morgan fingerprint density at radius 1 is 1.48 bits per heavy atom. The molecule has 1 N–H and O–H groups in total. The number of rotatable bonds is 5. The number of halogens is 1. The van der Waals surface area contributed by atoms with Crippen LogP contribution in [0.3, 0.4) is 0 Å². The van der Waals surface area contributed by atoms with Gasteiger partial charge in [0, 0.05) is 25.2 Å². The normalized spacial score (nSPS) is 20.3. The number of carboxylic acids is 1. The number of aromatic nitrogens is 1. The van der Waals surface area contributed by atoms with Gasteiger partial charge in [0.2, 0.25) is 5.03 Å². The number of carbonyl (C=O) groups is 1. The molecule has 116 valence electrons. The summed E-state index contributed by atoms with van der Waals surface area (Å²) in [6, 6.07) is 1.96. The Bertz CT molecular complexity index is 620. The number of hydrogen-bond acceptors (Lipinski definition) is 4. The zero-order valence-electron chi connectivity index (χ0n) is 11.4. The molecule has 21 heavy (non-hydrogen) atoms. The fourth-order valence-electron chi connectivity index (χ4n) is 2.54. The van der Waals surface area contributed by atoms with E-state index in [0.717, 1.165) is 12.5 Å². The van der Waals surface area contributed by atoms with E-state index in [1.165, 1.54) is 16.6 Å². The number of aliphatic carboxylic acids is 1. The topological polar surface area (TPSA) is 87.6 Å². The van der Waals surface area contributed by atoms with Gasteiger partial charge in [-0.25, -0.2) is 17.8 Å². The molecule has 2 heterocycles. The minimum absolute atomic E-state index is 0.110. The first-order valence-corrected chi connectivity index (χ1v) is 8.21. The molecule has 1 atom stereocenters. The second-order valence-corrected chi connectivity index (χ2v) is 6.79. The molecule has 0 spiro atoms. The summed E-state index contributed by atoms with van der Waals surface area (Å²) < 4.78 is 40.0. The first-order chi connectivity index (χ1) is 9.93. The summed E-state index contributed by atoms with van der Waals surface area (Å²) in [7, 11) is -4.04. The van der Waals surface area contributed by atoms with E-state index >= 15 is 0 Å². The molecule has 1 aliphatic rings. The molecular formula is C13H17FN2O4S.